The number of fused-ring (bicyclic) bond motifs is 1. The fourth-order valence-electron chi connectivity index (χ4n) is 2.70. The zero-order valence-electron chi connectivity index (χ0n) is 11.9. The molecule has 1 aliphatic carbocycles. The first kappa shape index (κ1) is 12.7. The van der Waals surface area contributed by atoms with Crippen LogP contribution in [0.1, 0.15) is 45.0 Å². The van der Waals surface area contributed by atoms with Crippen LogP contribution >= 0.6 is 0 Å². The lowest BCUT2D eigenvalue weighted by molar-refractivity contribution is 0.485. The molecule has 3 rings (SSSR count). The molecular formula is C16H23N3. The van der Waals surface area contributed by atoms with Crippen LogP contribution in [0.5, 0.6) is 0 Å². The SMILES string of the molecule is CCCc1nc2ccccc2n1C(C)CNC1CC1. The molecule has 0 radical (unpaired) electrons. The molecule has 0 amide bonds. The van der Waals surface area contributed by atoms with Crippen molar-refractivity contribution >= 4 is 11.0 Å². The quantitative estimate of drug-likeness (QED) is 0.860. The van der Waals surface area contributed by atoms with Crippen molar-refractivity contribution < 1.29 is 0 Å². The highest BCUT2D eigenvalue weighted by Gasteiger charge is 2.22. The number of hydrogen-bond donors (Lipinski definition) is 1. The Bertz CT molecular complexity index is 554. The maximum atomic E-state index is 4.80. The summed E-state index contributed by atoms with van der Waals surface area (Å²) in [5.74, 6) is 1.23. The van der Waals surface area contributed by atoms with Gasteiger partial charge in [-0.3, -0.25) is 0 Å². The minimum atomic E-state index is 0.467. The molecule has 1 aliphatic rings. The van der Waals surface area contributed by atoms with Gasteiger partial charge in [-0.05, 0) is 38.3 Å². The number of hydrogen-bond acceptors (Lipinski definition) is 2. The second-order valence-electron chi connectivity index (χ2n) is 5.67. The maximum Gasteiger partial charge on any atom is 0.110 e. The molecule has 3 nitrogen and oxygen atoms in total. The van der Waals surface area contributed by atoms with Crippen LogP contribution in [0.25, 0.3) is 11.0 Å². The second kappa shape index (κ2) is 5.33. The van der Waals surface area contributed by atoms with Crippen LogP contribution < -0.4 is 5.32 Å². The lowest BCUT2D eigenvalue weighted by atomic mass is 10.2. The Kier molecular flexibility index (Phi) is 3.56. The number of rotatable bonds is 6. The van der Waals surface area contributed by atoms with E-state index in [1.165, 1.54) is 24.2 Å². The van der Waals surface area contributed by atoms with E-state index < -0.39 is 0 Å². The van der Waals surface area contributed by atoms with Gasteiger partial charge in [-0.15, -0.1) is 0 Å². The van der Waals surface area contributed by atoms with Gasteiger partial charge in [-0.2, -0.15) is 0 Å². The van der Waals surface area contributed by atoms with Crippen LogP contribution in [0.15, 0.2) is 24.3 Å². The van der Waals surface area contributed by atoms with E-state index in [-0.39, 0.29) is 0 Å². The first-order valence-corrected chi connectivity index (χ1v) is 7.48. The standard InChI is InChI=1S/C16H23N3/c1-3-6-16-18-14-7-4-5-8-15(14)19(16)12(2)11-17-13-9-10-13/h4-5,7-8,12-13,17H,3,6,9-11H2,1-2H3. The summed E-state index contributed by atoms with van der Waals surface area (Å²) >= 11 is 0. The van der Waals surface area contributed by atoms with Gasteiger partial charge in [0, 0.05) is 25.0 Å². The third kappa shape index (κ3) is 2.66. The fraction of sp³-hybridized carbons (Fsp3) is 0.562. The molecule has 0 saturated heterocycles. The van der Waals surface area contributed by atoms with Crippen molar-refractivity contribution in [1.82, 2.24) is 14.9 Å². The Morgan fingerprint density at radius 1 is 1.37 bits per heavy atom. The van der Waals surface area contributed by atoms with Crippen LogP contribution in [-0.2, 0) is 6.42 Å². The van der Waals surface area contributed by atoms with Gasteiger partial charge < -0.3 is 9.88 Å². The van der Waals surface area contributed by atoms with Gasteiger partial charge in [0.05, 0.1) is 11.0 Å². The summed E-state index contributed by atoms with van der Waals surface area (Å²) in [5.41, 5.74) is 2.40. The van der Waals surface area contributed by atoms with Gasteiger partial charge >= 0.3 is 0 Å². The Balaban J connectivity index is 1.90. The molecule has 1 atom stereocenters. The molecule has 1 aromatic carbocycles. The van der Waals surface area contributed by atoms with E-state index in [1.54, 1.807) is 0 Å². The van der Waals surface area contributed by atoms with E-state index in [0.29, 0.717) is 6.04 Å². The molecule has 0 aliphatic heterocycles. The fourth-order valence-corrected chi connectivity index (χ4v) is 2.70. The van der Waals surface area contributed by atoms with E-state index in [4.69, 9.17) is 4.98 Å². The van der Waals surface area contributed by atoms with Crippen molar-refractivity contribution in [1.29, 1.82) is 0 Å². The Morgan fingerprint density at radius 3 is 2.89 bits per heavy atom. The highest BCUT2D eigenvalue weighted by Crippen LogP contribution is 2.23. The largest absolute Gasteiger partial charge is 0.324 e. The number of nitrogens with zero attached hydrogens (tertiary/aromatic N) is 2. The van der Waals surface area contributed by atoms with Gasteiger partial charge in [0.1, 0.15) is 5.82 Å². The second-order valence-corrected chi connectivity index (χ2v) is 5.67. The molecule has 1 heterocycles. The molecule has 19 heavy (non-hydrogen) atoms. The van der Waals surface area contributed by atoms with E-state index in [9.17, 15) is 0 Å². The van der Waals surface area contributed by atoms with Crippen molar-refractivity contribution in [3.63, 3.8) is 0 Å². The Labute approximate surface area is 115 Å². The minimum Gasteiger partial charge on any atom is -0.324 e. The summed E-state index contributed by atoms with van der Waals surface area (Å²) in [5, 5.41) is 3.63. The van der Waals surface area contributed by atoms with Gasteiger partial charge in [0.2, 0.25) is 0 Å². The molecular weight excluding hydrogens is 234 g/mol. The number of para-hydroxylation sites is 2. The van der Waals surface area contributed by atoms with Gasteiger partial charge in [0.25, 0.3) is 0 Å². The summed E-state index contributed by atoms with van der Waals surface area (Å²) in [6.07, 6.45) is 4.90. The van der Waals surface area contributed by atoms with Gasteiger partial charge in [-0.25, -0.2) is 4.98 Å². The third-order valence-electron chi connectivity index (χ3n) is 3.86. The smallest absolute Gasteiger partial charge is 0.110 e. The zero-order valence-corrected chi connectivity index (χ0v) is 11.9. The van der Waals surface area contributed by atoms with Crippen LogP contribution in [0.2, 0.25) is 0 Å². The van der Waals surface area contributed by atoms with Crippen LogP contribution in [0.4, 0.5) is 0 Å². The number of aryl methyl sites for hydroxylation is 1. The van der Waals surface area contributed by atoms with E-state index >= 15 is 0 Å². The molecule has 1 aromatic heterocycles. The molecule has 102 valence electrons. The first-order valence-electron chi connectivity index (χ1n) is 7.48. The number of aromatic nitrogens is 2. The Hall–Kier alpha value is -1.35. The van der Waals surface area contributed by atoms with Crippen LogP contribution in [0.3, 0.4) is 0 Å². The van der Waals surface area contributed by atoms with Crippen molar-refractivity contribution in [2.24, 2.45) is 0 Å². The molecule has 2 aromatic rings. The number of nitrogens with one attached hydrogen (secondary N) is 1. The highest BCUT2D eigenvalue weighted by molar-refractivity contribution is 5.76. The predicted octanol–water partition coefficient (Wildman–Crippen LogP) is 3.30. The van der Waals surface area contributed by atoms with Crippen molar-refractivity contribution in [3.05, 3.63) is 30.1 Å². The molecule has 1 fully saturated rings. The summed E-state index contributed by atoms with van der Waals surface area (Å²) in [6.45, 7) is 5.56. The number of benzene rings is 1. The maximum absolute atomic E-state index is 4.80. The van der Waals surface area contributed by atoms with Gasteiger partial charge in [0.15, 0.2) is 0 Å². The van der Waals surface area contributed by atoms with E-state index in [0.717, 1.165) is 30.9 Å². The minimum absolute atomic E-state index is 0.467. The predicted molar refractivity (Wildman–Crippen MR) is 79.5 cm³/mol. The molecule has 1 N–H and O–H groups in total. The lowest BCUT2D eigenvalue weighted by Crippen LogP contribution is -2.26. The highest BCUT2D eigenvalue weighted by atomic mass is 15.1. The Morgan fingerprint density at radius 2 is 2.16 bits per heavy atom. The van der Waals surface area contributed by atoms with E-state index in [2.05, 4.69) is 48.0 Å². The van der Waals surface area contributed by atoms with Crippen LogP contribution in [-0.4, -0.2) is 22.1 Å². The molecule has 1 saturated carbocycles. The molecule has 3 heteroatoms. The summed E-state index contributed by atoms with van der Waals surface area (Å²) < 4.78 is 2.42. The molecule has 1 unspecified atom stereocenters. The monoisotopic (exact) mass is 257 g/mol. The van der Waals surface area contributed by atoms with E-state index in [1.807, 2.05) is 0 Å². The van der Waals surface area contributed by atoms with Crippen molar-refractivity contribution in [2.45, 2.75) is 51.6 Å². The van der Waals surface area contributed by atoms with Crippen LogP contribution in [0, 0.1) is 0 Å². The summed E-state index contributed by atoms with van der Waals surface area (Å²) in [7, 11) is 0. The zero-order chi connectivity index (χ0) is 13.2. The lowest BCUT2D eigenvalue weighted by Gasteiger charge is -2.18. The third-order valence-corrected chi connectivity index (χ3v) is 3.86. The molecule has 0 bridgehead atoms. The van der Waals surface area contributed by atoms with Crippen molar-refractivity contribution in [2.75, 3.05) is 6.54 Å². The summed E-state index contributed by atoms with van der Waals surface area (Å²) in [6, 6.07) is 9.72. The summed E-state index contributed by atoms with van der Waals surface area (Å²) in [4.78, 5) is 4.80. The van der Waals surface area contributed by atoms with Crippen molar-refractivity contribution in [3.8, 4) is 0 Å². The average Bonchev–Trinajstić information content (AvgIpc) is 3.17. The normalized spacial score (nSPS) is 16.9. The van der Waals surface area contributed by atoms with Gasteiger partial charge in [-0.1, -0.05) is 19.1 Å². The number of imidazole rings is 1. The first-order chi connectivity index (χ1) is 9.29. The molecule has 0 spiro atoms. The topological polar surface area (TPSA) is 29.9 Å². The average molecular weight is 257 g/mol.